The fraction of sp³-hybridized carbons (Fsp3) is 0.235. The van der Waals surface area contributed by atoms with E-state index in [1.54, 1.807) is 13.0 Å². The summed E-state index contributed by atoms with van der Waals surface area (Å²) < 4.78 is 15.2. The van der Waals surface area contributed by atoms with E-state index in [1.165, 1.54) is 31.5 Å². The molecule has 2 rings (SSSR count). The number of aromatic nitrogens is 1. The normalized spacial score (nSPS) is 10.0. The number of nitriles is 1. The highest BCUT2D eigenvalue weighted by atomic mass is 16.7. The van der Waals surface area contributed by atoms with Crippen molar-refractivity contribution in [2.75, 3.05) is 20.5 Å². The van der Waals surface area contributed by atoms with Crippen LogP contribution in [-0.4, -0.2) is 36.6 Å². The fourth-order valence-electron chi connectivity index (χ4n) is 1.99. The Morgan fingerprint density at radius 3 is 2.83 bits per heavy atom. The molecule has 7 nitrogen and oxygen atoms in total. The van der Waals surface area contributed by atoms with Crippen molar-refractivity contribution in [3.05, 3.63) is 41.6 Å². The first-order chi connectivity index (χ1) is 11.6. The average molecular weight is 328 g/mol. The van der Waals surface area contributed by atoms with Crippen LogP contribution in [0.5, 0.6) is 11.5 Å². The van der Waals surface area contributed by atoms with Crippen LogP contribution >= 0.6 is 0 Å². The molecule has 1 aromatic carbocycles. The number of hydrogen-bond acceptors (Lipinski definition) is 7. The second-order valence-electron chi connectivity index (χ2n) is 4.68. The summed E-state index contributed by atoms with van der Waals surface area (Å²) in [7, 11) is 1.46. The van der Waals surface area contributed by atoms with E-state index in [0.29, 0.717) is 11.3 Å². The van der Waals surface area contributed by atoms with Gasteiger partial charge in [0.15, 0.2) is 12.5 Å². The number of carbonyl (C=O) groups is 1. The molecule has 0 radical (unpaired) electrons. The first-order valence-corrected chi connectivity index (χ1v) is 7.13. The van der Waals surface area contributed by atoms with Gasteiger partial charge in [-0.15, -0.1) is 0 Å². The van der Waals surface area contributed by atoms with E-state index >= 15 is 0 Å². The molecule has 0 aliphatic rings. The van der Waals surface area contributed by atoms with Crippen molar-refractivity contribution in [3.63, 3.8) is 0 Å². The quantitative estimate of drug-likeness (QED) is 0.642. The molecule has 1 aromatic heterocycles. The lowest BCUT2D eigenvalue weighted by molar-refractivity contribution is 0.0436. The van der Waals surface area contributed by atoms with Gasteiger partial charge in [0.05, 0.1) is 24.1 Å². The molecule has 0 atom stereocenters. The molecule has 1 N–H and O–H groups in total. The molecule has 0 saturated carbocycles. The van der Waals surface area contributed by atoms with Crippen LogP contribution in [0, 0.1) is 11.3 Å². The minimum atomic E-state index is -0.550. The van der Waals surface area contributed by atoms with Gasteiger partial charge in [0.25, 0.3) is 0 Å². The van der Waals surface area contributed by atoms with Gasteiger partial charge >= 0.3 is 5.97 Å². The van der Waals surface area contributed by atoms with E-state index in [2.05, 4.69) is 4.98 Å². The first kappa shape index (κ1) is 17.2. The maximum absolute atomic E-state index is 12.1. The van der Waals surface area contributed by atoms with E-state index in [-0.39, 0.29) is 36.0 Å². The lowest BCUT2D eigenvalue weighted by Crippen LogP contribution is -2.10. The lowest BCUT2D eigenvalue weighted by atomic mass is 10.1. The number of methoxy groups -OCH3 is 1. The summed E-state index contributed by atoms with van der Waals surface area (Å²) in [6, 6.07) is 7.89. The van der Waals surface area contributed by atoms with Crippen molar-refractivity contribution in [2.24, 2.45) is 0 Å². The molecular weight excluding hydrogens is 312 g/mol. The zero-order valence-corrected chi connectivity index (χ0v) is 13.3. The third-order valence-electron chi connectivity index (χ3n) is 3.11. The Bertz CT molecular complexity index is 783. The summed E-state index contributed by atoms with van der Waals surface area (Å²) in [6.45, 7) is 1.89. The van der Waals surface area contributed by atoms with Crippen molar-refractivity contribution < 1.29 is 24.1 Å². The molecule has 0 unspecified atom stereocenters. The van der Waals surface area contributed by atoms with E-state index in [4.69, 9.17) is 19.5 Å². The van der Waals surface area contributed by atoms with Crippen LogP contribution in [0.15, 0.2) is 30.5 Å². The zero-order valence-electron chi connectivity index (χ0n) is 13.3. The first-order valence-electron chi connectivity index (χ1n) is 7.13. The van der Waals surface area contributed by atoms with Gasteiger partial charge in [-0.05, 0) is 31.2 Å². The Balaban J connectivity index is 2.47. The Morgan fingerprint density at radius 1 is 1.38 bits per heavy atom. The van der Waals surface area contributed by atoms with Crippen LogP contribution in [0.1, 0.15) is 22.8 Å². The van der Waals surface area contributed by atoms with Gasteiger partial charge in [0, 0.05) is 12.7 Å². The topological polar surface area (TPSA) is 102 Å². The number of nitrogens with zero attached hydrogens (tertiary/aromatic N) is 2. The predicted octanol–water partition coefficient (Wildman–Crippen LogP) is 2.49. The molecule has 0 saturated heterocycles. The SMILES string of the molecule is CCOC(=O)c1cc(-c2ccc(O)c(C#N)c2)ncc1OCOC. The number of benzene rings is 1. The number of phenols is 1. The standard InChI is InChI=1S/C17H16N2O5/c1-3-23-17(21)13-7-14(19-9-16(13)24-10-22-2)11-4-5-15(20)12(6-11)8-18/h4-7,9,20H,3,10H2,1-2H3. The van der Waals surface area contributed by atoms with Gasteiger partial charge in [-0.25, -0.2) is 4.79 Å². The second kappa shape index (κ2) is 7.94. The molecule has 0 bridgehead atoms. The van der Waals surface area contributed by atoms with Crippen molar-refractivity contribution in [2.45, 2.75) is 6.92 Å². The summed E-state index contributed by atoms with van der Waals surface area (Å²) in [5.74, 6) is -0.434. The van der Waals surface area contributed by atoms with Crippen molar-refractivity contribution in [1.29, 1.82) is 5.26 Å². The van der Waals surface area contributed by atoms with Crippen LogP contribution in [0.25, 0.3) is 11.3 Å². The molecule has 24 heavy (non-hydrogen) atoms. The Morgan fingerprint density at radius 2 is 2.17 bits per heavy atom. The molecule has 0 spiro atoms. The molecule has 0 aliphatic carbocycles. The maximum atomic E-state index is 12.1. The monoisotopic (exact) mass is 328 g/mol. The maximum Gasteiger partial charge on any atom is 0.342 e. The highest BCUT2D eigenvalue weighted by Crippen LogP contribution is 2.28. The number of phenolic OH excluding ortho intramolecular Hbond substituents is 1. The Kier molecular flexibility index (Phi) is 5.71. The third kappa shape index (κ3) is 3.80. The third-order valence-corrected chi connectivity index (χ3v) is 3.11. The minimum absolute atomic E-state index is 0.0365. The molecule has 1 heterocycles. The van der Waals surface area contributed by atoms with Crippen LogP contribution in [0.3, 0.4) is 0 Å². The molecule has 0 fully saturated rings. The summed E-state index contributed by atoms with van der Waals surface area (Å²) in [5.41, 5.74) is 1.34. The van der Waals surface area contributed by atoms with Crippen LogP contribution < -0.4 is 4.74 Å². The number of esters is 1. The number of ether oxygens (including phenoxy) is 3. The highest BCUT2D eigenvalue weighted by Gasteiger charge is 2.17. The van der Waals surface area contributed by atoms with Crippen LogP contribution in [-0.2, 0) is 9.47 Å². The number of pyridine rings is 1. The van der Waals surface area contributed by atoms with Crippen molar-refractivity contribution in [3.8, 4) is 28.8 Å². The lowest BCUT2D eigenvalue weighted by Gasteiger charge is -2.11. The van der Waals surface area contributed by atoms with Crippen molar-refractivity contribution >= 4 is 5.97 Å². The van der Waals surface area contributed by atoms with Gasteiger partial charge in [-0.1, -0.05) is 0 Å². The predicted molar refractivity (Wildman–Crippen MR) is 84.5 cm³/mol. The summed E-state index contributed by atoms with van der Waals surface area (Å²) in [6.07, 6.45) is 1.39. The second-order valence-corrected chi connectivity index (χ2v) is 4.68. The molecular formula is C17H16N2O5. The Hall–Kier alpha value is -3.11. The molecule has 2 aromatic rings. The van der Waals surface area contributed by atoms with E-state index in [1.807, 2.05) is 6.07 Å². The van der Waals surface area contributed by atoms with Crippen molar-refractivity contribution in [1.82, 2.24) is 4.98 Å². The summed E-state index contributed by atoms with van der Waals surface area (Å²) >= 11 is 0. The highest BCUT2D eigenvalue weighted by molar-refractivity contribution is 5.93. The zero-order chi connectivity index (χ0) is 17.5. The molecule has 0 amide bonds. The smallest absolute Gasteiger partial charge is 0.342 e. The molecule has 7 heteroatoms. The summed E-state index contributed by atoms with van der Waals surface area (Å²) in [4.78, 5) is 16.4. The number of rotatable bonds is 6. The van der Waals surface area contributed by atoms with E-state index in [9.17, 15) is 9.90 Å². The largest absolute Gasteiger partial charge is 0.507 e. The van der Waals surface area contributed by atoms with Crippen LogP contribution in [0.4, 0.5) is 0 Å². The number of hydrogen-bond donors (Lipinski definition) is 1. The van der Waals surface area contributed by atoms with Crippen LogP contribution in [0.2, 0.25) is 0 Å². The average Bonchev–Trinajstić information content (AvgIpc) is 2.60. The van der Waals surface area contributed by atoms with Gasteiger partial charge in [-0.2, -0.15) is 5.26 Å². The van der Waals surface area contributed by atoms with Gasteiger partial charge in [0.1, 0.15) is 17.4 Å². The molecule has 0 aliphatic heterocycles. The summed E-state index contributed by atoms with van der Waals surface area (Å²) in [5, 5.41) is 18.6. The van der Waals surface area contributed by atoms with Gasteiger partial charge in [0.2, 0.25) is 0 Å². The Labute approximate surface area is 139 Å². The fourth-order valence-corrected chi connectivity index (χ4v) is 1.99. The molecule has 124 valence electrons. The number of aromatic hydroxyl groups is 1. The van der Waals surface area contributed by atoms with E-state index in [0.717, 1.165) is 0 Å². The van der Waals surface area contributed by atoms with Gasteiger partial charge in [-0.3, -0.25) is 4.98 Å². The number of carbonyl (C=O) groups excluding carboxylic acids is 1. The van der Waals surface area contributed by atoms with E-state index < -0.39 is 5.97 Å². The minimum Gasteiger partial charge on any atom is -0.507 e. The van der Waals surface area contributed by atoms with Gasteiger partial charge < -0.3 is 19.3 Å².